The van der Waals surface area contributed by atoms with Crippen molar-refractivity contribution >= 4 is 35.7 Å². The third kappa shape index (κ3) is 14.8. The minimum Gasteiger partial charge on any atom is -0.478 e. The van der Waals surface area contributed by atoms with E-state index in [-0.39, 0.29) is 0 Å². The molecule has 0 unspecified atom stereocenters. The fourth-order valence-corrected chi connectivity index (χ4v) is 4.18. The molecule has 0 saturated heterocycles. The lowest BCUT2D eigenvalue weighted by atomic mass is 10.1. The van der Waals surface area contributed by atoms with E-state index in [0.717, 1.165) is 36.1 Å². The van der Waals surface area contributed by atoms with E-state index >= 15 is 0 Å². The molecule has 0 aliphatic heterocycles. The van der Waals surface area contributed by atoms with Crippen molar-refractivity contribution in [3.05, 3.63) is 107 Å². The van der Waals surface area contributed by atoms with Crippen molar-refractivity contribution < 1.29 is 18.9 Å². The summed E-state index contributed by atoms with van der Waals surface area (Å²) in [4.78, 5) is 12.8. The fourth-order valence-electron chi connectivity index (χ4n) is 4.18. The Morgan fingerprint density at radius 1 is 0.458 bits per heavy atom. The number of ether oxygens (including phenoxy) is 4. The molecule has 2 aromatic carbocycles. The van der Waals surface area contributed by atoms with Gasteiger partial charge in [0.1, 0.15) is 6.61 Å². The van der Waals surface area contributed by atoms with Gasteiger partial charge in [-0.1, -0.05) is 62.4 Å². The van der Waals surface area contributed by atoms with Gasteiger partial charge in [0.15, 0.2) is 0 Å². The highest BCUT2D eigenvalue weighted by molar-refractivity contribution is 5.71. The molecule has 2 heterocycles. The van der Waals surface area contributed by atoms with Crippen LogP contribution in [0.25, 0.3) is 24.3 Å². The normalized spacial score (nSPS) is 11.0. The molecule has 0 amide bonds. The van der Waals surface area contributed by atoms with Gasteiger partial charge in [0.25, 0.3) is 0 Å². The molecule has 0 spiro atoms. The summed E-state index contributed by atoms with van der Waals surface area (Å²) in [6.45, 7) is 7.90. The second kappa shape index (κ2) is 22.0. The number of hydrogen-bond donors (Lipinski definition) is 0. The van der Waals surface area contributed by atoms with Crippen LogP contribution in [0, 0.1) is 0 Å². The fraction of sp³-hybridized carbons (Fsp3) is 0.350. The van der Waals surface area contributed by atoms with Crippen molar-refractivity contribution in [1.82, 2.24) is 9.97 Å². The van der Waals surface area contributed by atoms with E-state index < -0.39 is 0 Å². The maximum atomic E-state index is 5.58. The molecule has 0 aliphatic rings. The molecule has 0 fully saturated rings. The quantitative estimate of drug-likeness (QED) is 0.0996. The summed E-state index contributed by atoms with van der Waals surface area (Å²) in [6.07, 6.45) is 13.9. The monoisotopic (exact) mass is 652 g/mol. The number of nitrogens with zero attached hydrogens (tertiary/aromatic N) is 4. The lowest BCUT2D eigenvalue weighted by molar-refractivity contribution is 0.0361. The first kappa shape index (κ1) is 37.8. The third-order valence-electron chi connectivity index (χ3n) is 6.93. The first-order valence-electron chi connectivity index (χ1n) is 16.6. The lowest BCUT2D eigenvalue weighted by Crippen LogP contribution is -2.11. The van der Waals surface area contributed by atoms with Crippen LogP contribution in [0.5, 0.6) is 11.8 Å². The molecule has 0 bridgehead atoms. The van der Waals surface area contributed by atoms with E-state index in [4.69, 9.17) is 18.9 Å². The van der Waals surface area contributed by atoms with Crippen LogP contribution in [-0.2, 0) is 9.47 Å². The van der Waals surface area contributed by atoms with Gasteiger partial charge in [-0.3, -0.25) is 0 Å². The lowest BCUT2D eigenvalue weighted by Gasteiger charge is -2.11. The Hall–Kier alpha value is -4.66. The molecule has 4 rings (SSSR count). The van der Waals surface area contributed by atoms with Crippen molar-refractivity contribution in [3.8, 4) is 11.8 Å². The highest BCUT2D eigenvalue weighted by atomic mass is 16.5. The van der Waals surface area contributed by atoms with Gasteiger partial charge in [-0.05, 0) is 71.5 Å². The van der Waals surface area contributed by atoms with Crippen LogP contribution in [0.15, 0.2) is 85.2 Å². The summed E-state index contributed by atoms with van der Waals surface area (Å²) < 4.78 is 21.8. The molecule has 0 radical (unpaired) electrons. The van der Waals surface area contributed by atoms with Crippen molar-refractivity contribution in [3.63, 3.8) is 0 Å². The van der Waals surface area contributed by atoms with Crippen molar-refractivity contribution in [2.75, 3.05) is 77.6 Å². The minimum absolute atomic E-state index is 0.480. The van der Waals surface area contributed by atoms with Crippen LogP contribution in [0.1, 0.15) is 48.9 Å². The Morgan fingerprint density at radius 3 is 1.23 bits per heavy atom. The molecule has 0 saturated carbocycles. The van der Waals surface area contributed by atoms with E-state index in [1.807, 2.05) is 64.7 Å². The van der Waals surface area contributed by atoms with Crippen molar-refractivity contribution in [2.24, 2.45) is 0 Å². The third-order valence-corrected chi connectivity index (χ3v) is 6.93. The molecule has 4 aromatic rings. The van der Waals surface area contributed by atoms with Gasteiger partial charge in [0.05, 0.1) is 26.4 Å². The predicted molar refractivity (Wildman–Crippen MR) is 201 cm³/mol. The summed E-state index contributed by atoms with van der Waals surface area (Å²) in [5.74, 6) is 1.29. The SMILES string of the molecule is CCCOCCOCCOc1ccc(/C=C/c2ccc(N(C)C)cc2)cn1.CCCOc1ccc(/C=C/c2ccc(N(C)C)cc2)cn1. The van der Waals surface area contributed by atoms with Gasteiger partial charge in [-0.25, -0.2) is 9.97 Å². The first-order valence-corrected chi connectivity index (χ1v) is 16.6. The van der Waals surface area contributed by atoms with E-state index in [1.54, 1.807) is 6.20 Å². The highest BCUT2D eigenvalue weighted by Crippen LogP contribution is 2.17. The first-order chi connectivity index (χ1) is 23.4. The van der Waals surface area contributed by atoms with Crippen LogP contribution < -0.4 is 19.3 Å². The smallest absolute Gasteiger partial charge is 0.213 e. The number of aromatic nitrogens is 2. The van der Waals surface area contributed by atoms with Crippen molar-refractivity contribution in [1.29, 1.82) is 0 Å². The summed E-state index contributed by atoms with van der Waals surface area (Å²) in [6, 6.07) is 24.6. The van der Waals surface area contributed by atoms with E-state index in [0.29, 0.717) is 44.8 Å². The molecule has 256 valence electrons. The van der Waals surface area contributed by atoms with Gasteiger partial charge in [-0.15, -0.1) is 0 Å². The molecular formula is C40H52N4O4. The van der Waals surface area contributed by atoms with Gasteiger partial charge < -0.3 is 28.7 Å². The average molecular weight is 653 g/mol. The minimum atomic E-state index is 0.480. The van der Waals surface area contributed by atoms with E-state index in [2.05, 4.69) is 100 Å². The zero-order valence-electron chi connectivity index (χ0n) is 29.5. The van der Waals surface area contributed by atoms with Gasteiger partial charge in [-0.2, -0.15) is 0 Å². The second-order valence-electron chi connectivity index (χ2n) is 11.4. The zero-order chi connectivity index (χ0) is 34.4. The van der Waals surface area contributed by atoms with Gasteiger partial charge in [0.2, 0.25) is 11.8 Å². The second-order valence-corrected chi connectivity index (χ2v) is 11.4. The Bertz CT molecular complexity index is 1470. The summed E-state index contributed by atoms with van der Waals surface area (Å²) in [5, 5.41) is 0. The molecule has 0 atom stereocenters. The van der Waals surface area contributed by atoms with Crippen LogP contribution in [-0.4, -0.2) is 77.8 Å². The van der Waals surface area contributed by atoms with Gasteiger partial charge in [0, 0.05) is 70.7 Å². The number of anilines is 2. The van der Waals surface area contributed by atoms with Crippen LogP contribution in [0.4, 0.5) is 11.4 Å². The molecular weight excluding hydrogens is 600 g/mol. The van der Waals surface area contributed by atoms with Gasteiger partial charge >= 0.3 is 0 Å². The maximum Gasteiger partial charge on any atom is 0.213 e. The Morgan fingerprint density at radius 2 is 0.833 bits per heavy atom. The molecule has 2 aromatic heterocycles. The van der Waals surface area contributed by atoms with Crippen LogP contribution >= 0.6 is 0 Å². The predicted octanol–water partition coefficient (Wildman–Crippen LogP) is 8.25. The molecule has 0 N–H and O–H groups in total. The summed E-state index contributed by atoms with van der Waals surface area (Å²) in [7, 11) is 8.15. The van der Waals surface area contributed by atoms with Crippen LogP contribution in [0.3, 0.4) is 0 Å². The van der Waals surface area contributed by atoms with E-state index in [9.17, 15) is 0 Å². The molecule has 8 nitrogen and oxygen atoms in total. The summed E-state index contributed by atoms with van der Waals surface area (Å²) >= 11 is 0. The largest absolute Gasteiger partial charge is 0.478 e. The average Bonchev–Trinajstić information content (AvgIpc) is 3.11. The van der Waals surface area contributed by atoms with Crippen LogP contribution in [0.2, 0.25) is 0 Å². The van der Waals surface area contributed by atoms with E-state index in [1.165, 1.54) is 16.9 Å². The topological polar surface area (TPSA) is 69.2 Å². The molecule has 48 heavy (non-hydrogen) atoms. The number of benzene rings is 2. The number of pyridine rings is 2. The number of rotatable bonds is 18. The van der Waals surface area contributed by atoms with Crippen molar-refractivity contribution in [2.45, 2.75) is 26.7 Å². The Balaban J connectivity index is 0.000000269. The molecule has 8 heteroatoms. The standard InChI is InChI=1S/C22H30N2O3.C18H22N2O/c1-4-13-25-14-15-26-16-17-27-22-12-9-20(18-23-22)6-5-19-7-10-21(11-8-19)24(2)3;1-4-13-21-18-12-9-16(14-19-18)6-5-15-7-10-17(11-8-15)20(2)3/h5-12,18H,4,13-17H2,1-3H3;5-12,14H,4,13H2,1-3H3/b2*6-5+. The Kier molecular flexibility index (Phi) is 17.3. The highest BCUT2D eigenvalue weighted by Gasteiger charge is 1.99. The maximum absolute atomic E-state index is 5.58. The Labute approximate surface area is 287 Å². The molecule has 0 aliphatic carbocycles. The zero-order valence-corrected chi connectivity index (χ0v) is 29.5. The summed E-state index contributed by atoms with van der Waals surface area (Å²) in [5.41, 5.74) is 6.81. The number of hydrogen-bond acceptors (Lipinski definition) is 8.